The Morgan fingerprint density at radius 1 is 1.13 bits per heavy atom. The molecule has 2 rings (SSSR count). The molecular weight excluding hydrogens is 380 g/mol. The first-order valence-corrected chi connectivity index (χ1v) is 11.1. The highest BCUT2D eigenvalue weighted by atomic mass is 16.5. The van der Waals surface area contributed by atoms with Crippen LogP contribution in [0.15, 0.2) is 24.3 Å². The quantitative estimate of drug-likeness (QED) is 0.412. The molecule has 1 aromatic rings. The van der Waals surface area contributed by atoms with Crippen molar-refractivity contribution in [2.75, 3.05) is 13.2 Å². The standard InChI is InChI=1S/C24H38N2O4/c1-6-7-8-9-12-15-24(5)21(28)26(22(29)25-24)16-18(27)17-30-20-14-11-10-13-19(20)23(2,3)4/h10-11,13-14,18,27H,6-9,12,15-17H2,1-5H3,(H,25,29). The molecule has 30 heavy (non-hydrogen) atoms. The number of amides is 3. The molecule has 2 N–H and O–H groups in total. The Labute approximate surface area is 181 Å². The Hall–Kier alpha value is -2.08. The molecule has 6 heteroatoms. The molecule has 6 nitrogen and oxygen atoms in total. The summed E-state index contributed by atoms with van der Waals surface area (Å²) in [5.74, 6) is 0.440. The summed E-state index contributed by atoms with van der Waals surface area (Å²) >= 11 is 0. The lowest BCUT2D eigenvalue weighted by Crippen LogP contribution is -2.45. The molecule has 168 valence electrons. The van der Waals surface area contributed by atoms with Crippen LogP contribution < -0.4 is 10.1 Å². The minimum Gasteiger partial charge on any atom is -0.491 e. The summed E-state index contributed by atoms with van der Waals surface area (Å²) in [5.41, 5.74) is 0.0661. The van der Waals surface area contributed by atoms with E-state index in [1.54, 1.807) is 6.92 Å². The zero-order chi connectivity index (χ0) is 22.4. The molecule has 1 heterocycles. The highest BCUT2D eigenvalue weighted by molar-refractivity contribution is 6.06. The van der Waals surface area contributed by atoms with Gasteiger partial charge >= 0.3 is 6.03 Å². The number of hydrogen-bond donors (Lipinski definition) is 2. The second kappa shape index (κ2) is 10.3. The van der Waals surface area contributed by atoms with E-state index in [0.29, 0.717) is 12.2 Å². The number of nitrogens with zero attached hydrogens (tertiary/aromatic N) is 1. The molecule has 1 aliphatic heterocycles. The maximum atomic E-state index is 12.8. The number of unbranched alkanes of at least 4 members (excludes halogenated alkanes) is 4. The topological polar surface area (TPSA) is 78.9 Å². The van der Waals surface area contributed by atoms with Gasteiger partial charge in [-0.05, 0) is 30.4 Å². The second-order valence-electron chi connectivity index (χ2n) is 9.55. The van der Waals surface area contributed by atoms with Crippen molar-refractivity contribution in [1.29, 1.82) is 0 Å². The smallest absolute Gasteiger partial charge is 0.325 e. The number of imide groups is 1. The molecule has 3 amide bonds. The highest BCUT2D eigenvalue weighted by Crippen LogP contribution is 2.31. The average molecular weight is 419 g/mol. The second-order valence-corrected chi connectivity index (χ2v) is 9.55. The van der Waals surface area contributed by atoms with E-state index in [9.17, 15) is 14.7 Å². The van der Waals surface area contributed by atoms with Crippen molar-refractivity contribution < 1.29 is 19.4 Å². The van der Waals surface area contributed by atoms with E-state index in [0.717, 1.165) is 29.7 Å². The first kappa shape index (κ1) is 24.2. The molecule has 0 spiro atoms. The van der Waals surface area contributed by atoms with E-state index >= 15 is 0 Å². The molecule has 0 aromatic heterocycles. The average Bonchev–Trinajstić information content (AvgIpc) is 2.89. The molecule has 1 aliphatic rings. The minimum atomic E-state index is -0.959. The first-order valence-electron chi connectivity index (χ1n) is 11.1. The normalized spacial score (nSPS) is 20.4. The van der Waals surface area contributed by atoms with Crippen molar-refractivity contribution in [1.82, 2.24) is 10.2 Å². The van der Waals surface area contributed by atoms with E-state index in [1.807, 2.05) is 24.3 Å². The number of aliphatic hydroxyl groups is 1. The molecule has 1 saturated heterocycles. The van der Waals surface area contributed by atoms with E-state index < -0.39 is 17.7 Å². The van der Waals surface area contributed by atoms with Crippen molar-refractivity contribution in [2.24, 2.45) is 0 Å². The van der Waals surface area contributed by atoms with E-state index in [4.69, 9.17) is 4.74 Å². The minimum absolute atomic E-state index is 0.0118. The van der Waals surface area contributed by atoms with Crippen LogP contribution in [0.25, 0.3) is 0 Å². The van der Waals surface area contributed by atoms with Crippen LogP contribution >= 0.6 is 0 Å². The van der Waals surface area contributed by atoms with E-state index in [2.05, 4.69) is 33.0 Å². The van der Waals surface area contributed by atoms with Crippen LogP contribution in [-0.4, -0.2) is 46.7 Å². The summed E-state index contributed by atoms with van der Waals surface area (Å²) in [5, 5.41) is 13.3. The maximum Gasteiger partial charge on any atom is 0.325 e. The number of rotatable bonds is 11. The fourth-order valence-electron chi connectivity index (χ4n) is 3.83. The SMILES string of the molecule is CCCCCCCC1(C)NC(=O)N(CC(O)COc2ccccc2C(C)(C)C)C1=O. The van der Waals surface area contributed by atoms with Crippen LogP contribution in [0.2, 0.25) is 0 Å². The van der Waals surface area contributed by atoms with Crippen LogP contribution in [0.5, 0.6) is 5.75 Å². The van der Waals surface area contributed by atoms with Gasteiger partial charge in [-0.1, -0.05) is 78.0 Å². The number of hydrogen-bond acceptors (Lipinski definition) is 4. The highest BCUT2D eigenvalue weighted by Gasteiger charge is 2.47. The number of carbonyl (C=O) groups is 2. The number of aliphatic hydroxyl groups excluding tert-OH is 1. The summed E-state index contributed by atoms with van der Waals surface area (Å²) in [6.45, 7) is 10.2. The van der Waals surface area contributed by atoms with Gasteiger partial charge in [0, 0.05) is 0 Å². The summed E-state index contributed by atoms with van der Waals surface area (Å²) in [6.07, 6.45) is 5.10. The summed E-state index contributed by atoms with van der Waals surface area (Å²) in [6, 6.07) is 7.28. The number of benzene rings is 1. The Morgan fingerprint density at radius 3 is 2.47 bits per heavy atom. The van der Waals surface area contributed by atoms with Crippen LogP contribution in [0, 0.1) is 0 Å². The van der Waals surface area contributed by atoms with Gasteiger partial charge in [0.1, 0.15) is 24.0 Å². The van der Waals surface area contributed by atoms with Crippen molar-refractivity contribution >= 4 is 11.9 Å². The zero-order valence-electron chi connectivity index (χ0n) is 19.2. The van der Waals surface area contributed by atoms with Crippen LogP contribution in [0.4, 0.5) is 4.79 Å². The summed E-state index contributed by atoms with van der Waals surface area (Å²) in [7, 11) is 0. The van der Waals surface area contributed by atoms with Crippen molar-refractivity contribution in [3.8, 4) is 5.75 Å². The summed E-state index contributed by atoms with van der Waals surface area (Å²) < 4.78 is 5.84. The predicted octanol–water partition coefficient (Wildman–Crippen LogP) is 4.39. The molecule has 0 radical (unpaired) electrons. The van der Waals surface area contributed by atoms with E-state index in [1.165, 1.54) is 12.8 Å². The number of carbonyl (C=O) groups excluding carboxylic acids is 2. The van der Waals surface area contributed by atoms with Crippen molar-refractivity contribution in [3.05, 3.63) is 29.8 Å². The number of β-amino-alcohol motifs (C(OH)–C–C–N with tert-alkyl or cyclic N) is 1. The Balaban J connectivity index is 1.90. The third kappa shape index (κ3) is 6.21. The largest absolute Gasteiger partial charge is 0.491 e. The molecule has 1 aromatic carbocycles. The fourth-order valence-corrected chi connectivity index (χ4v) is 3.83. The first-order chi connectivity index (χ1) is 14.1. The van der Waals surface area contributed by atoms with E-state index in [-0.39, 0.29) is 24.5 Å². The van der Waals surface area contributed by atoms with Gasteiger partial charge in [-0.3, -0.25) is 9.69 Å². The molecule has 2 atom stereocenters. The molecule has 0 aliphatic carbocycles. The van der Waals surface area contributed by atoms with Gasteiger partial charge in [0.2, 0.25) is 0 Å². The molecule has 0 saturated carbocycles. The monoisotopic (exact) mass is 418 g/mol. The van der Waals surface area contributed by atoms with Crippen LogP contribution in [0.1, 0.15) is 78.7 Å². The molecule has 1 fully saturated rings. The third-order valence-corrected chi connectivity index (χ3v) is 5.65. The third-order valence-electron chi connectivity index (χ3n) is 5.65. The summed E-state index contributed by atoms with van der Waals surface area (Å²) in [4.78, 5) is 26.3. The van der Waals surface area contributed by atoms with Gasteiger partial charge in [0.05, 0.1) is 6.54 Å². The molecular formula is C24H38N2O4. The van der Waals surface area contributed by atoms with Gasteiger partial charge in [-0.15, -0.1) is 0 Å². The number of para-hydroxylation sites is 1. The predicted molar refractivity (Wildman–Crippen MR) is 119 cm³/mol. The van der Waals surface area contributed by atoms with Gasteiger partial charge in [-0.25, -0.2) is 4.79 Å². The Morgan fingerprint density at radius 2 is 1.80 bits per heavy atom. The van der Waals surface area contributed by atoms with Crippen molar-refractivity contribution in [3.63, 3.8) is 0 Å². The Bertz CT molecular complexity index is 728. The van der Waals surface area contributed by atoms with Gasteiger partial charge in [0.25, 0.3) is 5.91 Å². The number of urea groups is 1. The van der Waals surface area contributed by atoms with Gasteiger partial charge in [-0.2, -0.15) is 0 Å². The lowest BCUT2D eigenvalue weighted by Gasteiger charge is -2.24. The van der Waals surface area contributed by atoms with Gasteiger partial charge < -0.3 is 15.2 Å². The molecule has 2 unspecified atom stereocenters. The van der Waals surface area contributed by atoms with Crippen LogP contribution in [0.3, 0.4) is 0 Å². The lowest BCUT2D eigenvalue weighted by atomic mass is 9.86. The maximum absolute atomic E-state index is 12.8. The number of ether oxygens (including phenoxy) is 1. The number of nitrogens with one attached hydrogen (secondary N) is 1. The fraction of sp³-hybridized carbons (Fsp3) is 0.667. The Kier molecular flexibility index (Phi) is 8.30. The zero-order valence-corrected chi connectivity index (χ0v) is 19.2. The van der Waals surface area contributed by atoms with Crippen LogP contribution in [-0.2, 0) is 10.2 Å². The lowest BCUT2D eigenvalue weighted by molar-refractivity contribution is -0.132. The molecule has 0 bridgehead atoms. The van der Waals surface area contributed by atoms with Crippen molar-refractivity contribution in [2.45, 2.75) is 90.2 Å². The van der Waals surface area contributed by atoms with Gasteiger partial charge in [0.15, 0.2) is 0 Å².